The monoisotopic (exact) mass is 353 g/mol. The fourth-order valence-corrected chi connectivity index (χ4v) is 3.21. The van der Waals surface area contributed by atoms with Crippen LogP contribution in [0.4, 0.5) is 11.4 Å². The molecular formula is C16H16ClNO4S. The third-order valence-electron chi connectivity index (χ3n) is 3.29. The van der Waals surface area contributed by atoms with Crippen molar-refractivity contribution < 1.29 is 17.9 Å². The second kappa shape index (κ2) is 6.60. The van der Waals surface area contributed by atoms with Gasteiger partial charge in [-0.15, -0.1) is 0 Å². The number of hydrogen-bond acceptors (Lipinski definition) is 5. The van der Waals surface area contributed by atoms with E-state index in [2.05, 4.69) is 5.32 Å². The second-order valence-electron chi connectivity index (χ2n) is 5.07. The van der Waals surface area contributed by atoms with Crippen LogP contribution in [0.1, 0.15) is 15.9 Å². The van der Waals surface area contributed by atoms with Crippen LogP contribution >= 0.6 is 11.6 Å². The Morgan fingerprint density at radius 1 is 1.22 bits per heavy atom. The summed E-state index contributed by atoms with van der Waals surface area (Å²) in [6.45, 7) is 1.69. The topological polar surface area (TPSA) is 72.5 Å². The Kier molecular flexibility index (Phi) is 4.97. The van der Waals surface area contributed by atoms with Gasteiger partial charge in [-0.05, 0) is 48.4 Å². The molecule has 0 aliphatic rings. The van der Waals surface area contributed by atoms with Crippen LogP contribution in [0.25, 0.3) is 0 Å². The standard InChI is InChI=1S/C16H16ClNO4S/c1-10-7-14(18-11-5-4-6-12(8-11)22-2)15(23(3,20)21)9-13(10)16(17)19/h4-9,18H,1-3H3. The van der Waals surface area contributed by atoms with Gasteiger partial charge in [-0.25, -0.2) is 8.42 Å². The van der Waals surface area contributed by atoms with Gasteiger partial charge in [-0.1, -0.05) is 6.07 Å². The lowest BCUT2D eigenvalue weighted by Crippen LogP contribution is -2.06. The number of hydrogen-bond donors (Lipinski definition) is 1. The Balaban J connectivity index is 2.56. The molecule has 0 aliphatic heterocycles. The minimum Gasteiger partial charge on any atom is -0.497 e. The number of methoxy groups -OCH3 is 1. The number of carbonyl (C=O) groups is 1. The zero-order valence-corrected chi connectivity index (χ0v) is 14.5. The molecule has 0 aromatic heterocycles. The normalized spacial score (nSPS) is 11.1. The van der Waals surface area contributed by atoms with Crippen LogP contribution in [0.3, 0.4) is 0 Å². The summed E-state index contributed by atoms with van der Waals surface area (Å²) < 4.78 is 29.2. The fraction of sp³-hybridized carbons (Fsp3) is 0.188. The first kappa shape index (κ1) is 17.3. The summed E-state index contributed by atoms with van der Waals surface area (Å²) in [5.41, 5.74) is 1.80. The number of benzene rings is 2. The van der Waals surface area contributed by atoms with Crippen molar-refractivity contribution in [2.24, 2.45) is 0 Å². The molecule has 0 saturated carbocycles. The van der Waals surface area contributed by atoms with E-state index in [1.54, 1.807) is 44.4 Å². The van der Waals surface area contributed by atoms with Crippen molar-refractivity contribution in [2.45, 2.75) is 11.8 Å². The third kappa shape index (κ3) is 4.03. The van der Waals surface area contributed by atoms with Gasteiger partial charge in [0.2, 0.25) is 0 Å². The van der Waals surface area contributed by atoms with Crippen LogP contribution in [0.2, 0.25) is 0 Å². The van der Waals surface area contributed by atoms with E-state index in [0.717, 1.165) is 6.26 Å². The lowest BCUT2D eigenvalue weighted by atomic mass is 10.1. The fourth-order valence-electron chi connectivity index (χ4n) is 2.16. The molecule has 0 fully saturated rings. The van der Waals surface area contributed by atoms with Gasteiger partial charge in [-0.3, -0.25) is 4.79 Å². The quantitative estimate of drug-likeness (QED) is 0.832. The number of rotatable bonds is 5. The molecule has 0 bridgehead atoms. The molecule has 0 spiro atoms. The largest absolute Gasteiger partial charge is 0.497 e. The summed E-state index contributed by atoms with van der Waals surface area (Å²) >= 11 is 5.51. The highest BCUT2D eigenvalue weighted by molar-refractivity contribution is 7.90. The van der Waals surface area contributed by atoms with E-state index in [1.165, 1.54) is 6.07 Å². The molecule has 0 radical (unpaired) electrons. The molecule has 0 heterocycles. The van der Waals surface area contributed by atoms with Gasteiger partial charge in [0, 0.05) is 23.6 Å². The van der Waals surface area contributed by atoms with Gasteiger partial charge in [-0.2, -0.15) is 0 Å². The second-order valence-corrected chi connectivity index (χ2v) is 7.39. The van der Waals surface area contributed by atoms with Crippen LogP contribution < -0.4 is 10.1 Å². The van der Waals surface area contributed by atoms with Gasteiger partial charge in [0.15, 0.2) is 9.84 Å². The maximum Gasteiger partial charge on any atom is 0.252 e. The van der Waals surface area contributed by atoms with E-state index in [1.807, 2.05) is 0 Å². The average Bonchev–Trinajstić information content (AvgIpc) is 2.45. The van der Waals surface area contributed by atoms with Crippen LogP contribution in [-0.2, 0) is 9.84 Å². The summed E-state index contributed by atoms with van der Waals surface area (Å²) in [6, 6.07) is 9.97. The first-order valence-electron chi connectivity index (χ1n) is 6.68. The Morgan fingerprint density at radius 2 is 1.91 bits per heavy atom. The van der Waals surface area contributed by atoms with Crippen molar-refractivity contribution in [3.8, 4) is 5.75 Å². The predicted molar refractivity (Wildman–Crippen MR) is 90.7 cm³/mol. The molecule has 5 nitrogen and oxygen atoms in total. The number of halogens is 1. The SMILES string of the molecule is COc1cccc(Nc2cc(C)c(C(=O)Cl)cc2S(C)(=O)=O)c1. The molecule has 2 rings (SSSR count). The van der Waals surface area contributed by atoms with E-state index < -0.39 is 15.1 Å². The number of sulfone groups is 1. The van der Waals surface area contributed by atoms with Crippen molar-refractivity contribution in [3.63, 3.8) is 0 Å². The molecule has 122 valence electrons. The maximum atomic E-state index is 12.0. The van der Waals surface area contributed by atoms with Gasteiger partial charge < -0.3 is 10.1 Å². The van der Waals surface area contributed by atoms with Crippen LogP contribution in [-0.4, -0.2) is 27.0 Å². The maximum absolute atomic E-state index is 12.0. The number of carbonyl (C=O) groups excluding carboxylic acids is 1. The molecule has 2 aromatic carbocycles. The Bertz CT molecular complexity index is 862. The molecule has 0 aliphatic carbocycles. The lowest BCUT2D eigenvalue weighted by molar-refractivity contribution is 0.108. The molecule has 2 aromatic rings. The molecule has 0 atom stereocenters. The van der Waals surface area contributed by atoms with Crippen LogP contribution in [0.5, 0.6) is 5.75 Å². The summed E-state index contributed by atoms with van der Waals surface area (Å²) in [6.07, 6.45) is 1.08. The Morgan fingerprint density at radius 3 is 2.48 bits per heavy atom. The number of ether oxygens (including phenoxy) is 1. The minimum absolute atomic E-state index is 0.00919. The zero-order valence-electron chi connectivity index (χ0n) is 12.9. The molecule has 1 N–H and O–H groups in total. The lowest BCUT2D eigenvalue weighted by Gasteiger charge is -2.14. The molecule has 7 heteroatoms. The highest BCUT2D eigenvalue weighted by Crippen LogP contribution is 2.30. The van der Waals surface area contributed by atoms with Crippen molar-refractivity contribution >= 4 is 38.1 Å². The van der Waals surface area contributed by atoms with Gasteiger partial charge in [0.05, 0.1) is 17.7 Å². The van der Waals surface area contributed by atoms with Gasteiger partial charge >= 0.3 is 0 Å². The average molecular weight is 354 g/mol. The van der Waals surface area contributed by atoms with Crippen molar-refractivity contribution in [2.75, 3.05) is 18.7 Å². The summed E-state index contributed by atoms with van der Waals surface area (Å²) in [5, 5.41) is 2.35. The number of aryl methyl sites for hydroxylation is 1. The van der Waals surface area contributed by atoms with Crippen molar-refractivity contribution in [3.05, 3.63) is 47.5 Å². The highest BCUT2D eigenvalue weighted by Gasteiger charge is 2.18. The van der Waals surface area contributed by atoms with E-state index >= 15 is 0 Å². The molecule has 23 heavy (non-hydrogen) atoms. The minimum atomic E-state index is -3.55. The van der Waals surface area contributed by atoms with E-state index in [-0.39, 0.29) is 10.5 Å². The Hall–Kier alpha value is -2.05. The molecule has 0 amide bonds. The van der Waals surface area contributed by atoms with E-state index in [4.69, 9.17) is 16.3 Å². The van der Waals surface area contributed by atoms with E-state index in [0.29, 0.717) is 22.7 Å². The molecule has 0 unspecified atom stereocenters. The molecular weight excluding hydrogens is 338 g/mol. The van der Waals surface area contributed by atoms with Crippen molar-refractivity contribution in [1.82, 2.24) is 0 Å². The van der Waals surface area contributed by atoms with E-state index in [9.17, 15) is 13.2 Å². The Labute approximate surface area is 140 Å². The number of anilines is 2. The summed E-state index contributed by atoms with van der Waals surface area (Å²) in [4.78, 5) is 11.4. The van der Waals surface area contributed by atoms with Crippen LogP contribution in [0.15, 0.2) is 41.3 Å². The first-order valence-corrected chi connectivity index (χ1v) is 8.95. The van der Waals surface area contributed by atoms with Crippen molar-refractivity contribution in [1.29, 1.82) is 0 Å². The number of nitrogens with one attached hydrogen (secondary N) is 1. The molecule has 0 saturated heterocycles. The predicted octanol–water partition coefficient (Wildman–Crippen LogP) is 3.53. The van der Waals surface area contributed by atoms with Gasteiger partial charge in [0.1, 0.15) is 5.75 Å². The van der Waals surface area contributed by atoms with Gasteiger partial charge in [0.25, 0.3) is 5.24 Å². The summed E-state index contributed by atoms with van der Waals surface area (Å²) in [7, 11) is -2.00. The van der Waals surface area contributed by atoms with Crippen LogP contribution in [0, 0.1) is 6.92 Å². The highest BCUT2D eigenvalue weighted by atomic mass is 35.5. The zero-order chi connectivity index (χ0) is 17.2. The smallest absolute Gasteiger partial charge is 0.252 e. The summed E-state index contributed by atoms with van der Waals surface area (Å²) in [5.74, 6) is 0.639. The third-order valence-corrected chi connectivity index (χ3v) is 4.63. The first-order chi connectivity index (χ1) is 10.7.